The van der Waals surface area contributed by atoms with Gasteiger partial charge in [0.15, 0.2) is 0 Å². The van der Waals surface area contributed by atoms with Gasteiger partial charge in [0.1, 0.15) is 0 Å². The highest BCUT2D eigenvalue weighted by molar-refractivity contribution is 5.93. The number of ether oxygens (including phenoxy) is 1. The molecule has 0 radical (unpaired) electrons. The lowest BCUT2D eigenvalue weighted by Gasteiger charge is -2.59. The molecule has 144 valence electrons. The molecule has 9 atom stereocenters. The predicted octanol–water partition coefficient (Wildman–Crippen LogP) is 5.40. The molecule has 1 heterocycles. The van der Waals surface area contributed by atoms with Crippen LogP contribution in [0.4, 0.5) is 0 Å². The molecule has 5 fully saturated rings. The fraction of sp³-hybridized carbons (Fsp3) is 0.800. The van der Waals surface area contributed by atoms with Crippen LogP contribution in [0.5, 0.6) is 0 Å². The van der Waals surface area contributed by atoms with Gasteiger partial charge in [-0.05, 0) is 105 Å². The van der Waals surface area contributed by atoms with Crippen LogP contribution in [0.25, 0.3) is 0 Å². The number of hydrogen-bond donors (Lipinski definition) is 1. The van der Waals surface area contributed by atoms with E-state index in [1.807, 2.05) is 0 Å². The van der Waals surface area contributed by atoms with Crippen LogP contribution in [0.1, 0.15) is 58.3 Å². The van der Waals surface area contributed by atoms with E-state index in [0.29, 0.717) is 5.41 Å². The van der Waals surface area contributed by atoms with Gasteiger partial charge in [-0.1, -0.05) is 24.6 Å². The zero-order valence-corrected chi connectivity index (χ0v) is 16.6. The van der Waals surface area contributed by atoms with Crippen LogP contribution in [0.15, 0.2) is 23.8 Å². The van der Waals surface area contributed by atoms with E-state index in [2.05, 4.69) is 25.2 Å². The SMILES string of the molecule is C[C@]12CCC3C(C(C4CC4)CC4=CC(=N)CC[C@@H]43)C1C1CC1[C@@]21C=CCO1. The van der Waals surface area contributed by atoms with Crippen molar-refractivity contribution in [3.05, 3.63) is 23.8 Å². The van der Waals surface area contributed by atoms with Crippen LogP contribution < -0.4 is 0 Å². The molecule has 7 aliphatic rings. The summed E-state index contributed by atoms with van der Waals surface area (Å²) in [6, 6.07) is 0. The van der Waals surface area contributed by atoms with E-state index >= 15 is 0 Å². The van der Waals surface area contributed by atoms with Crippen molar-refractivity contribution in [2.45, 2.75) is 63.9 Å². The lowest BCUT2D eigenvalue weighted by molar-refractivity contribution is -0.142. The molecule has 1 spiro atoms. The normalized spacial score (nSPS) is 57.7. The van der Waals surface area contributed by atoms with Gasteiger partial charge < -0.3 is 10.1 Å². The number of allylic oxidation sites excluding steroid dienone is 2. The number of hydrogen-bond acceptors (Lipinski definition) is 2. The van der Waals surface area contributed by atoms with Crippen LogP contribution in [-0.4, -0.2) is 17.9 Å². The monoisotopic (exact) mass is 363 g/mol. The van der Waals surface area contributed by atoms with Gasteiger partial charge in [0.25, 0.3) is 0 Å². The second kappa shape index (κ2) is 4.99. The fourth-order valence-electron chi connectivity index (χ4n) is 9.37. The molecule has 0 amide bonds. The molecule has 2 heteroatoms. The molecule has 0 saturated heterocycles. The smallest absolute Gasteiger partial charge is 0.0954 e. The van der Waals surface area contributed by atoms with E-state index in [1.165, 1.54) is 44.9 Å². The average Bonchev–Trinajstić information content (AvgIpc) is 3.58. The third-order valence-corrected chi connectivity index (χ3v) is 10.4. The molecule has 0 aromatic rings. The standard InChI is InChI=1S/C25H33NO/c1-24-9-7-18-17-6-5-16(26)11-15(17)12-19(14-3-4-14)22(18)23(24)20-13-21(20)25(24)8-2-10-27-25/h2,8,11,14,17-23,26H,3-7,9-10,12-13H2,1H3/t17-,18?,19?,20?,21?,22?,23?,24-,25-/m0/s1. The first-order valence-electron chi connectivity index (χ1n) is 11.7. The highest BCUT2D eigenvalue weighted by Gasteiger charge is 2.77. The zero-order chi connectivity index (χ0) is 18.0. The number of nitrogens with one attached hydrogen (secondary N) is 1. The van der Waals surface area contributed by atoms with Crippen LogP contribution in [0.3, 0.4) is 0 Å². The van der Waals surface area contributed by atoms with Crippen molar-refractivity contribution in [2.24, 2.45) is 52.8 Å². The lowest BCUT2D eigenvalue weighted by Crippen LogP contribution is -2.56. The lowest BCUT2D eigenvalue weighted by atomic mass is 9.46. The van der Waals surface area contributed by atoms with Crippen molar-refractivity contribution < 1.29 is 4.74 Å². The Morgan fingerprint density at radius 2 is 2.00 bits per heavy atom. The van der Waals surface area contributed by atoms with Gasteiger partial charge in [-0.3, -0.25) is 0 Å². The van der Waals surface area contributed by atoms with Crippen LogP contribution >= 0.6 is 0 Å². The topological polar surface area (TPSA) is 33.1 Å². The van der Waals surface area contributed by atoms with E-state index in [0.717, 1.165) is 66.1 Å². The summed E-state index contributed by atoms with van der Waals surface area (Å²) in [5, 5.41) is 8.23. The van der Waals surface area contributed by atoms with Gasteiger partial charge in [0, 0.05) is 11.1 Å². The Morgan fingerprint density at radius 3 is 2.78 bits per heavy atom. The maximum absolute atomic E-state index is 8.23. The first-order valence-corrected chi connectivity index (χ1v) is 11.7. The molecule has 0 bridgehead atoms. The molecule has 6 aliphatic carbocycles. The van der Waals surface area contributed by atoms with E-state index in [4.69, 9.17) is 10.1 Å². The Kier molecular flexibility index (Phi) is 2.95. The number of rotatable bonds is 1. The van der Waals surface area contributed by atoms with Crippen molar-refractivity contribution >= 4 is 5.71 Å². The molecular weight excluding hydrogens is 330 g/mol. The second-order valence-electron chi connectivity index (χ2n) is 11.3. The molecule has 27 heavy (non-hydrogen) atoms. The minimum absolute atomic E-state index is 0.0895. The summed E-state index contributed by atoms with van der Waals surface area (Å²) in [7, 11) is 0. The summed E-state index contributed by atoms with van der Waals surface area (Å²) in [5.74, 6) is 7.22. The van der Waals surface area contributed by atoms with Gasteiger partial charge >= 0.3 is 0 Å². The Labute approximate surface area is 163 Å². The van der Waals surface area contributed by atoms with Gasteiger partial charge in [-0.2, -0.15) is 0 Å². The first-order chi connectivity index (χ1) is 13.1. The maximum atomic E-state index is 8.23. The second-order valence-corrected chi connectivity index (χ2v) is 11.3. The largest absolute Gasteiger partial charge is 0.366 e. The molecule has 5 saturated carbocycles. The van der Waals surface area contributed by atoms with Crippen LogP contribution in [-0.2, 0) is 4.74 Å². The molecule has 0 aromatic carbocycles. The van der Waals surface area contributed by atoms with E-state index in [1.54, 1.807) is 5.57 Å². The van der Waals surface area contributed by atoms with Crippen molar-refractivity contribution in [1.82, 2.24) is 0 Å². The van der Waals surface area contributed by atoms with Gasteiger partial charge in [0.2, 0.25) is 0 Å². The quantitative estimate of drug-likeness (QED) is 0.622. The van der Waals surface area contributed by atoms with Gasteiger partial charge in [-0.15, -0.1) is 0 Å². The maximum Gasteiger partial charge on any atom is 0.0954 e. The van der Waals surface area contributed by atoms with Crippen LogP contribution in [0.2, 0.25) is 0 Å². The summed E-state index contributed by atoms with van der Waals surface area (Å²) in [5.41, 5.74) is 3.06. The van der Waals surface area contributed by atoms with E-state index in [9.17, 15) is 0 Å². The van der Waals surface area contributed by atoms with Gasteiger partial charge in [-0.25, -0.2) is 0 Å². The van der Waals surface area contributed by atoms with E-state index in [-0.39, 0.29) is 5.60 Å². The summed E-state index contributed by atoms with van der Waals surface area (Å²) < 4.78 is 6.59. The zero-order valence-electron chi connectivity index (χ0n) is 16.6. The minimum Gasteiger partial charge on any atom is -0.366 e. The van der Waals surface area contributed by atoms with Crippen molar-refractivity contribution in [2.75, 3.05) is 6.61 Å². The third-order valence-electron chi connectivity index (χ3n) is 10.4. The predicted molar refractivity (Wildman–Crippen MR) is 107 cm³/mol. The summed E-state index contributed by atoms with van der Waals surface area (Å²) in [6.07, 6.45) is 17.9. The third kappa shape index (κ3) is 1.85. The van der Waals surface area contributed by atoms with Crippen molar-refractivity contribution in [1.29, 1.82) is 5.41 Å². The van der Waals surface area contributed by atoms with E-state index < -0.39 is 0 Å². The Morgan fingerprint density at radius 1 is 1.11 bits per heavy atom. The Bertz CT molecular complexity index is 777. The molecule has 7 rings (SSSR count). The van der Waals surface area contributed by atoms with Gasteiger partial charge in [0.05, 0.1) is 12.2 Å². The average molecular weight is 364 g/mol. The molecule has 1 aliphatic heterocycles. The van der Waals surface area contributed by atoms with Crippen molar-refractivity contribution in [3.8, 4) is 0 Å². The summed E-state index contributed by atoms with van der Waals surface area (Å²) in [6.45, 7) is 3.48. The highest BCUT2D eigenvalue weighted by atomic mass is 16.5. The first kappa shape index (κ1) is 16.0. The minimum atomic E-state index is 0.0895. The Balaban J connectivity index is 1.33. The summed E-state index contributed by atoms with van der Waals surface area (Å²) >= 11 is 0. The molecule has 0 aromatic heterocycles. The molecule has 1 N–H and O–H groups in total. The molecule has 2 nitrogen and oxygen atoms in total. The number of fused-ring (bicyclic) bond motifs is 9. The fourth-order valence-corrected chi connectivity index (χ4v) is 9.37. The van der Waals surface area contributed by atoms with Crippen LogP contribution in [0, 0.1) is 58.2 Å². The molecular formula is C25H33NO. The summed E-state index contributed by atoms with van der Waals surface area (Å²) in [4.78, 5) is 0. The van der Waals surface area contributed by atoms with Crippen molar-refractivity contribution in [3.63, 3.8) is 0 Å². The Hall–Kier alpha value is -0.890. The molecule has 6 unspecified atom stereocenters. The highest BCUT2D eigenvalue weighted by Crippen LogP contribution is 2.78.